The Morgan fingerprint density at radius 2 is 2.42 bits per heavy atom. The zero-order chi connectivity index (χ0) is 13.8. The van der Waals surface area contributed by atoms with Gasteiger partial charge in [-0.15, -0.1) is 0 Å². The fraction of sp³-hybridized carbons (Fsp3) is 0.500. The van der Waals surface area contributed by atoms with Crippen LogP contribution in [0.25, 0.3) is 0 Å². The van der Waals surface area contributed by atoms with Gasteiger partial charge in [0.25, 0.3) is 5.91 Å². The van der Waals surface area contributed by atoms with Crippen LogP contribution in [0.2, 0.25) is 0 Å². The number of nitrogen functional groups attached to an aromatic ring is 1. The normalized spacial score (nSPS) is 16.8. The second-order valence-corrected chi connectivity index (χ2v) is 4.57. The number of furan rings is 1. The Labute approximate surface area is 111 Å². The number of amides is 2. The van der Waals surface area contributed by atoms with Crippen LogP contribution in [0.4, 0.5) is 0 Å². The summed E-state index contributed by atoms with van der Waals surface area (Å²) in [6.45, 7) is 4.08. The summed E-state index contributed by atoms with van der Waals surface area (Å²) in [4.78, 5) is 24.9. The highest BCUT2D eigenvalue weighted by molar-refractivity contribution is 5.94. The van der Waals surface area contributed by atoms with Crippen LogP contribution in [0.3, 0.4) is 0 Å². The van der Waals surface area contributed by atoms with Crippen molar-refractivity contribution in [3.05, 3.63) is 23.2 Å². The van der Waals surface area contributed by atoms with Gasteiger partial charge in [-0.05, 0) is 19.4 Å². The summed E-state index contributed by atoms with van der Waals surface area (Å²) in [7, 11) is 0. The molecule has 7 heteroatoms. The average Bonchev–Trinajstić information content (AvgIpc) is 2.61. The maximum atomic E-state index is 11.5. The molecule has 19 heavy (non-hydrogen) atoms. The highest BCUT2D eigenvalue weighted by Crippen LogP contribution is 2.16. The molecule has 2 rings (SSSR count). The summed E-state index contributed by atoms with van der Waals surface area (Å²) in [6.07, 6.45) is 0.904. The third-order valence-corrected chi connectivity index (χ3v) is 3.06. The molecule has 1 aromatic heterocycles. The summed E-state index contributed by atoms with van der Waals surface area (Å²) in [6, 6.07) is 1.67. The van der Waals surface area contributed by atoms with Gasteiger partial charge < -0.3 is 9.73 Å². The number of nitrogens with zero attached hydrogens (tertiary/aromatic N) is 1. The monoisotopic (exact) mass is 266 g/mol. The molecule has 104 valence electrons. The molecule has 7 nitrogen and oxygen atoms in total. The van der Waals surface area contributed by atoms with Crippen LogP contribution in [0.5, 0.6) is 0 Å². The number of rotatable bonds is 3. The number of nitrogens with one attached hydrogen (secondary N) is 2. The first-order chi connectivity index (χ1) is 9.10. The highest BCUT2D eigenvalue weighted by atomic mass is 16.3. The predicted molar refractivity (Wildman–Crippen MR) is 68.0 cm³/mol. The number of carbonyl (C=O) groups is 2. The summed E-state index contributed by atoms with van der Waals surface area (Å²) >= 11 is 0. The molecule has 0 aliphatic carbocycles. The molecule has 0 saturated carbocycles. The average molecular weight is 266 g/mol. The minimum atomic E-state index is -0.374. The number of aryl methyl sites for hydroxylation is 1. The molecule has 0 aromatic carbocycles. The Kier molecular flexibility index (Phi) is 4.18. The van der Waals surface area contributed by atoms with Gasteiger partial charge in [0.2, 0.25) is 5.91 Å². The predicted octanol–water partition coefficient (Wildman–Crippen LogP) is -0.487. The largest absolute Gasteiger partial charge is 0.464 e. The minimum Gasteiger partial charge on any atom is -0.464 e. The second-order valence-electron chi connectivity index (χ2n) is 4.57. The van der Waals surface area contributed by atoms with Crippen molar-refractivity contribution in [2.75, 3.05) is 19.6 Å². The van der Waals surface area contributed by atoms with E-state index in [4.69, 9.17) is 10.3 Å². The van der Waals surface area contributed by atoms with Crippen molar-refractivity contribution in [2.24, 2.45) is 5.84 Å². The Hall–Kier alpha value is -1.86. The van der Waals surface area contributed by atoms with E-state index in [2.05, 4.69) is 10.7 Å². The summed E-state index contributed by atoms with van der Waals surface area (Å²) in [5, 5.41) is 2.81. The van der Waals surface area contributed by atoms with E-state index >= 15 is 0 Å². The van der Waals surface area contributed by atoms with Gasteiger partial charge in [-0.2, -0.15) is 0 Å². The summed E-state index contributed by atoms with van der Waals surface area (Å²) in [5.74, 6) is 5.92. The third kappa shape index (κ3) is 3.33. The van der Waals surface area contributed by atoms with Crippen molar-refractivity contribution in [1.29, 1.82) is 0 Å². The molecule has 0 atom stereocenters. The quantitative estimate of drug-likeness (QED) is 0.389. The van der Waals surface area contributed by atoms with E-state index in [0.29, 0.717) is 36.7 Å². The van der Waals surface area contributed by atoms with Crippen molar-refractivity contribution in [1.82, 2.24) is 15.6 Å². The number of nitrogens with two attached hydrogens (primary N) is 1. The van der Waals surface area contributed by atoms with Crippen LogP contribution in [-0.2, 0) is 11.3 Å². The fourth-order valence-corrected chi connectivity index (χ4v) is 2.15. The van der Waals surface area contributed by atoms with Gasteiger partial charge in [-0.3, -0.25) is 19.9 Å². The maximum absolute atomic E-state index is 11.5. The molecule has 1 aromatic rings. The Bertz CT molecular complexity index is 483. The van der Waals surface area contributed by atoms with E-state index in [-0.39, 0.29) is 11.8 Å². The fourth-order valence-electron chi connectivity index (χ4n) is 2.15. The molecule has 1 aliphatic heterocycles. The van der Waals surface area contributed by atoms with E-state index in [0.717, 1.165) is 13.0 Å². The second kappa shape index (κ2) is 5.85. The molecular formula is C12H18N4O3. The molecule has 0 bridgehead atoms. The summed E-state index contributed by atoms with van der Waals surface area (Å²) < 4.78 is 5.53. The molecule has 2 amide bonds. The van der Waals surface area contributed by atoms with Gasteiger partial charge >= 0.3 is 0 Å². The van der Waals surface area contributed by atoms with Gasteiger partial charge in [-0.25, -0.2) is 5.84 Å². The van der Waals surface area contributed by atoms with Crippen LogP contribution in [0.1, 0.15) is 28.3 Å². The topological polar surface area (TPSA) is 101 Å². The third-order valence-electron chi connectivity index (χ3n) is 3.06. The van der Waals surface area contributed by atoms with Gasteiger partial charge in [0, 0.05) is 13.1 Å². The zero-order valence-corrected chi connectivity index (χ0v) is 10.9. The molecule has 0 unspecified atom stereocenters. The van der Waals surface area contributed by atoms with Crippen molar-refractivity contribution < 1.29 is 14.0 Å². The van der Waals surface area contributed by atoms with E-state index in [1.807, 2.05) is 4.90 Å². The Morgan fingerprint density at radius 1 is 1.63 bits per heavy atom. The first-order valence-electron chi connectivity index (χ1n) is 6.19. The first-order valence-corrected chi connectivity index (χ1v) is 6.19. The van der Waals surface area contributed by atoms with Gasteiger partial charge in [0.05, 0.1) is 18.7 Å². The van der Waals surface area contributed by atoms with Crippen LogP contribution >= 0.6 is 0 Å². The van der Waals surface area contributed by atoms with Gasteiger partial charge in [0.1, 0.15) is 11.5 Å². The van der Waals surface area contributed by atoms with Crippen molar-refractivity contribution in [2.45, 2.75) is 19.9 Å². The lowest BCUT2D eigenvalue weighted by Gasteiger charge is -2.16. The molecule has 1 fully saturated rings. The molecule has 2 heterocycles. The van der Waals surface area contributed by atoms with Crippen LogP contribution < -0.4 is 16.6 Å². The van der Waals surface area contributed by atoms with Crippen LogP contribution in [-0.4, -0.2) is 36.3 Å². The SMILES string of the molecule is Cc1oc(CN2CCCNC(=O)C2)cc1C(=O)NN. The van der Waals surface area contributed by atoms with E-state index in [1.165, 1.54) is 0 Å². The van der Waals surface area contributed by atoms with Crippen LogP contribution in [0, 0.1) is 6.92 Å². The lowest BCUT2D eigenvalue weighted by Crippen LogP contribution is -2.32. The van der Waals surface area contributed by atoms with Gasteiger partial charge in [0.15, 0.2) is 0 Å². The van der Waals surface area contributed by atoms with E-state index in [9.17, 15) is 9.59 Å². The Balaban J connectivity index is 2.06. The maximum Gasteiger partial charge on any atom is 0.268 e. The number of hydrazine groups is 1. The standard InChI is InChI=1S/C12H18N4O3/c1-8-10(12(18)15-13)5-9(19-8)6-16-4-2-3-14-11(17)7-16/h5H,2-4,6-7,13H2,1H3,(H,14,17)(H,15,18). The van der Waals surface area contributed by atoms with Crippen molar-refractivity contribution in [3.63, 3.8) is 0 Å². The lowest BCUT2D eigenvalue weighted by molar-refractivity contribution is -0.121. The minimum absolute atomic E-state index is 0.0145. The molecule has 1 saturated heterocycles. The lowest BCUT2D eigenvalue weighted by atomic mass is 10.2. The van der Waals surface area contributed by atoms with E-state index < -0.39 is 0 Å². The van der Waals surface area contributed by atoms with Crippen LogP contribution in [0.15, 0.2) is 10.5 Å². The first kappa shape index (κ1) is 13.6. The van der Waals surface area contributed by atoms with Crippen molar-refractivity contribution >= 4 is 11.8 Å². The highest BCUT2D eigenvalue weighted by Gasteiger charge is 2.19. The van der Waals surface area contributed by atoms with E-state index in [1.54, 1.807) is 13.0 Å². The number of hydrogen-bond donors (Lipinski definition) is 3. The Morgan fingerprint density at radius 3 is 3.16 bits per heavy atom. The summed E-state index contributed by atoms with van der Waals surface area (Å²) in [5.41, 5.74) is 2.51. The molecule has 0 spiro atoms. The molecule has 0 radical (unpaired) electrons. The van der Waals surface area contributed by atoms with Gasteiger partial charge in [-0.1, -0.05) is 0 Å². The number of carbonyl (C=O) groups excluding carboxylic acids is 2. The molecule has 1 aliphatic rings. The molecule has 4 N–H and O–H groups in total. The number of hydrogen-bond acceptors (Lipinski definition) is 5. The zero-order valence-electron chi connectivity index (χ0n) is 10.9. The smallest absolute Gasteiger partial charge is 0.268 e. The van der Waals surface area contributed by atoms with Crippen molar-refractivity contribution in [3.8, 4) is 0 Å². The molecular weight excluding hydrogens is 248 g/mol.